The number of benzene rings is 2. The van der Waals surface area contributed by atoms with Gasteiger partial charge in [-0.2, -0.15) is 0 Å². The zero-order chi connectivity index (χ0) is 22.8. The van der Waals surface area contributed by atoms with Gasteiger partial charge >= 0.3 is 0 Å². The number of carbonyl (C=O) groups is 2. The van der Waals surface area contributed by atoms with Crippen LogP contribution in [0.3, 0.4) is 0 Å². The molecular weight excluding hydrogens is 451 g/mol. The Kier molecular flexibility index (Phi) is 10.7. The first kappa shape index (κ1) is 25.6. The van der Waals surface area contributed by atoms with Gasteiger partial charge in [0.05, 0.1) is 0 Å². The lowest BCUT2D eigenvalue weighted by Crippen LogP contribution is -2.50. The summed E-state index contributed by atoms with van der Waals surface area (Å²) in [5, 5.41) is 4.30. The lowest BCUT2D eigenvalue weighted by Gasteiger charge is -2.31. The third kappa shape index (κ3) is 8.06. The summed E-state index contributed by atoms with van der Waals surface area (Å²) in [5.74, 6) is 0.429. The number of nitrogens with zero attached hydrogens (tertiary/aromatic N) is 1. The number of hydrogen-bond acceptors (Lipinski definition) is 3. The molecule has 0 aliphatic rings. The number of amides is 2. The molecule has 0 saturated carbocycles. The number of carbonyl (C=O) groups excluding carboxylic acids is 2. The predicted molar refractivity (Wildman–Crippen MR) is 131 cm³/mol. The van der Waals surface area contributed by atoms with E-state index in [0.717, 1.165) is 16.9 Å². The fraction of sp³-hybridized carbons (Fsp3) is 0.417. The van der Waals surface area contributed by atoms with E-state index >= 15 is 0 Å². The van der Waals surface area contributed by atoms with E-state index in [-0.39, 0.29) is 17.9 Å². The second kappa shape index (κ2) is 13.0. The van der Waals surface area contributed by atoms with E-state index in [1.807, 2.05) is 63.2 Å². The molecule has 2 aromatic rings. The summed E-state index contributed by atoms with van der Waals surface area (Å²) < 4.78 is 0. The Morgan fingerprint density at radius 3 is 2.32 bits per heavy atom. The second-order valence-electron chi connectivity index (χ2n) is 7.41. The monoisotopic (exact) mass is 480 g/mol. The fourth-order valence-corrected chi connectivity index (χ4v) is 4.26. The summed E-state index contributed by atoms with van der Waals surface area (Å²) in [4.78, 5) is 28.9. The van der Waals surface area contributed by atoms with Crippen molar-refractivity contribution in [1.82, 2.24) is 10.2 Å². The molecule has 0 saturated heterocycles. The van der Waals surface area contributed by atoms with Crippen LogP contribution in [0.25, 0.3) is 0 Å². The Labute approximate surface area is 199 Å². The summed E-state index contributed by atoms with van der Waals surface area (Å²) in [5.41, 5.74) is 0.831. The molecule has 0 radical (unpaired) electrons. The highest BCUT2D eigenvalue weighted by Gasteiger charge is 2.29. The van der Waals surface area contributed by atoms with Crippen molar-refractivity contribution < 1.29 is 9.59 Å². The molecule has 168 valence electrons. The quantitative estimate of drug-likeness (QED) is 0.389. The van der Waals surface area contributed by atoms with Crippen molar-refractivity contribution in [2.75, 3.05) is 5.75 Å². The molecule has 2 amide bonds. The first-order valence-corrected chi connectivity index (χ1v) is 12.3. The molecule has 2 rings (SSSR count). The zero-order valence-corrected chi connectivity index (χ0v) is 20.6. The van der Waals surface area contributed by atoms with Crippen molar-refractivity contribution in [2.24, 2.45) is 0 Å². The van der Waals surface area contributed by atoms with Crippen LogP contribution in [-0.4, -0.2) is 34.6 Å². The smallest absolute Gasteiger partial charge is 0.243 e. The molecule has 0 aliphatic carbocycles. The van der Waals surface area contributed by atoms with Crippen molar-refractivity contribution in [1.29, 1.82) is 0 Å². The molecule has 0 bridgehead atoms. The van der Waals surface area contributed by atoms with Gasteiger partial charge in [-0.05, 0) is 55.7 Å². The molecule has 2 atom stereocenters. The second-order valence-corrected chi connectivity index (χ2v) is 9.42. The van der Waals surface area contributed by atoms with Gasteiger partial charge in [0.25, 0.3) is 0 Å². The molecular formula is C24H30Cl2N2O2S. The van der Waals surface area contributed by atoms with Gasteiger partial charge in [0.2, 0.25) is 11.8 Å². The molecule has 0 aliphatic heterocycles. The Hall–Kier alpha value is -1.69. The third-order valence-electron chi connectivity index (χ3n) is 5.08. The highest BCUT2D eigenvalue weighted by molar-refractivity contribution is 7.99. The molecule has 0 unspecified atom stereocenters. The first-order valence-electron chi connectivity index (χ1n) is 10.6. The lowest BCUT2D eigenvalue weighted by atomic mass is 10.1. The van der Waals surface area contributed by atoms with Crippen molar-refractivity contribution in [3.63, 3.8) is 0 Å². The van der Waals surface area contributed by atoms with Crippen LogP contribution in [0, 0.1) is 0 Å². The minimum atomic E-state index is -0.543. The molecule has 7 heteroatoms. The number of rotatable bonds is 11. The SMILES string of the molecule is CC[C@H](C(=O)N[C@@H](C)CC)N(Cc1ccccc1Cl)C(=O)CCSc1ccc(Cl)cc1. The third-order valence-corrected chi connectivity index (χ3v) is 6.72. The highest BCUT2D eigenvalue weighted by atomic mass is 35.5. The van der Waals surface area contributed by atoms with Gasteiger partial charge in [0, 0.05) is 39.7 Å². The molecule has 4 nitrogen and oxygen atoms in total. The van der Waals surface area contributed by atoms with Gasteiger partial charge in [0.1, 0.15) is 6.04 Å². The molecule has 31 heavy (non-hydrogen) atoms. The van der Waals surface area contributed by atoms with E-state index in [1.54, 1.807) is 22.7 Å². The predicted octanol–water partition coefficient (Wildman–Crippen LogP) is 6.20. The molecule has 1 N–H and O–H groups in total. The average molecular weight is 481 g/mol. The van der Waals surface area contributed by atoms with Gasteiger partial charge in [0.15, 0.2) is 0 Å². The van der Waals surface area contributed by atoms with Crippen LogP contribution in [0.5, 0.6) is 0 Å². The van der Waals surface area contributed by atoms with Crippen molar-refractivity contribution in [2.45, 2.75) is 63.6 Å². The van der Waals surface area contributed by atoms with E-state index in [9.17, 15) is 9.59 Å². The largest absolute Gasteiger partial charge is 0.352 e. The van der Waals surface area contributed by atoms with Gasteiger partial charge in [-0.1, -0.05) is 55.2 Å². The van der Waals surface area contributed by atoms with Crippen LogP contribution in [-0.2, 0) is 16.1 Å². The summed E-state index contributed by atoms with van der Waals surface area (Å²) in [6, 6.07) is 14.5. The van der Waals surface area contributed by atoms with Gasteiger partial charge < -0.3 is 10.2 Å². The van der Waals surface area contributed by atoms with Crippen LogP contribution in [0.1, 0.15) is 45.6 Å². The Morgan fingerprint density at radius 2 is 1.71 bits per heavy atom. The highest BCUT2D eigenvalue weighted by Crippen LogP contribution is 2.23. The summed E-state index contributed by atoms with van der Waals surface area (Å²) >= 11 is 13.9. The molecule has 0 aromatic heterocycles. The number of halogens is 2. The van der Waals surface area contributed by atoms with Crippen LogP contribution in [0.4, 0.5) is 0 Å². The maximum Gasteiger partial charge on any atom is 0.243 e. The zero-order valence-electron chi connectivity index (χ0n) is 18.2. The number of nitrogens with one attached hydrogen (secondary N) is 1. The number of thioether (sulfide) groups is 1. The summed E-state index contributed by atoms with van der Waals surface area (Å²) in [6.07, 6.45) is 1.69. The standard InChI is InChI=1S/C24H30Cl2N2O2S/c1-4-17(3)27-24(30)22(5-2)28(16-18-8-6-7-9-21(18)26)23(29)14-15-31-20-12-10-19(25)11-13-20/h6-13,17,22H,4-5,14-16H2,1-3H3,(H,27,30)/t17-,22+/m0/s1. The summed E-state index contributed by atoms with van der Waals surface area (Å²) in [7, 11) is 0. The van der Waals surface area contributed by atoms with Crippen molar-refractivity contribution >= 4 is 46.8 Å². The van der Waals surface area contributed by atoms with Crippen LogP contribution in [0.15, 0.2) is 53.4 Å². The fourth-order valence-electron chi connectivity index (χ4n) is 3.10. The Bertz CT molecular complexity index is 861. The minimum absolute atomic E-state index is 0.0549. The summed E-state index contributed by atoms with van der Waals surface area (Å²) in [6.45, 7) is 6.22. The normalized spacial score (nSPS) is 12.8. The number of hydrogen-bond donors (Lipinski definition) is 1. The van der Waals surface area contributed by atoms with E-state index < -0.39 is 6.04 Å². The van der Waals surface area contributed by atoms with E-state index in [4.69, 9.17) is 23.2 Å². The minimum Gasteiger partial charge on any atom is -0.352 e. The first-order chi connectivity index (χ1) is 14.8. The Morgan fingerprint density at radius 1 is 1.03 bits per heavy atom. The van der Waals surface area contributed by atoms with Crippen LogP contribution < -0.4 is 5.32 Å². The molecule has 0 heterocycles. The van der Waals surface area contributed by atoms with Crippen LogP contribution >= 0.6 is 35.0 Å². The van der Waals surface area contributed by atoms with Crippen molar-refractivity contribution in [3.8, 4) is 0 Å². The topological polar surface area (TPSA) is 49.4 Å². The van der Waals surface area contributed by atoms with E-state index in [1.165, 1.54) is 0 Å². The molecule has 0 fully saturated rings. The van der Waals surface area contributed by atoms with Crippen molar-refractivity contribution in [3.05, 3.63) is 64.1 Å². The van der Waals surface area contributed by atoms with Crippen LogP contribution in [0.2, 0.25) is 10.0 Å². The van der Waals surface area contributed by atoms with Gasteiger partial charge in [-0.25, -0.2) is 0 Å². The van der Waals surface area contributed by atoms with E-state index in [2.05, 4.69) is 5.32 Å². The maximum absolute atomic E-state index is 13.2. The maximum atomic E-state index is 13.2. The lowest BCUT2D eigenvalue weighted by molar-refractivity contribution is -0.141. The molecule has 2 aromatic carbocycles. The van der Waals surface area contributed by atoms with Gasteiger partial charge in [-0.3, -0.25) is 9.59 Å². The average Bonchev–Trinajstić information content (AvgIpc) is 2.76. The Balaban J connectivity index is 2.14. The van der Waals surface area contributed by atoms with Gasteiger partial charge in [-0.15, -0.1) is 11.8 Å². The molecule has 0 spiro atoms. The van der Waals surface area contributed by atoms with E-state index in [0.29, 0.717) is 35.2 Å².